The van der Waals surface area contributed by atoms with Crippen LogP contribution in [0.1, 0.15) is 50.8 Å². The van der Waals surface area contributed by atoms with Crippen molar-refractivity contribution in [1.29, 1.82) is 0 Å². The molecule has 84 valence electrons. The van der Waals surface area contributed by atoms with E-state index in [1.165, 1.54) is 25.7 Å². The molecule has 1 N–H and O–H groups in total. The summed E-state index contributed by atoms with van der Waals surface area (Å²) < 4.78 is 2.12. The lowest BCUT2D eigenvalue weighted by Crippen LogP contribution is -2.06. The van der Waals surface area contributed by atoms with Crippen molar-refractivity contribution in [2.45, 2.75) is 57.6 Å². The molecule has 1 aliphatic rings. The van der Waals surface area contributed by atoms with Gasteiger partial charge >= 0.3 is 0 Å². The maximum absolute atomic E-state index is 9.20. The van der Waals surface area contributed by atoms with E-state index in [0.717, 1.165) is 18.5 Å². The highest BCUT2D eigenvalue weighted by molar-refractivity contribution is 5.00. The Balaban J connectivity index is 1.91. The van der Waals surface area contributed by atoms with Crippen molar-refractivity contribution in [2.24, 2.45) is 0 Å². The van der Waals surface area contributed by atoms with E-state index in [1.807, 2.05) is 6.92 Å². The standard InChI is InChI=1S/C12H20N2O/c1-10(15)6-7-11-8-9-14(13-11)12-4-2-3-5-12/h8-10,12,15H,2-7H2,1H3. The second kappa shape index (κ2) is 4.79. The summed E-state index contributed by atoms with van der Waals surface area (Å²) in [5.74, 6) is 0. The highest BCUT2D eigenvalue weighted by Gasteiger charge is 2.17. The zero-order valence-corrected chi connectivity index (χ0v) is 9.39. The van der Waals surface area contributed by atoms with Gasteiger partial charge in [-0.05, 0) is 38.7 Å². The van der Waals surface area contributed by atoms with E-state index in [1.54, 1.807) is 0 Å². The molecular weight excluding hydrogens is 188 g/mol. The summed E-state index contributed by atoms with van der Waals surface area (Å²) in [7, 11) is 0. The molecule has 15 heavy (non-hydrogen) atoms. The van der Waals surface area contributed by atoms with E-state index in [9.17, 15) is 5.11 Å². The van der Waals surface area contributed by atoms with Crippen LogP contribution in [0.2, 0.25) is 0 Å². The predicted octanol–water partition coefficient (Wildman–Crippen LogP) is 2.31. The van der Waals surface area contributed by atoms with Crippen LogP contribution in [-0.2, 0) is 6.42 Å². The summed E-state index contributed by atoms with van der Waals surface area (Å²) in [6, 6.07) is 2.71. The van der Waals surface area contributed by atoms with Crippen molar-refractivity contribution < 1.29 is 5.11 Å². The van der Waals surface area contributed by atoms with E-state index in [4.69, 9.17) is 0 Å². The summed E-state index contributed by atoms with van der Waals surface area (Å²) in [5, 5.41) is 13.8. The van der Waals surface area contributed by atoms with Gasteiger partial charge in [0, 0.05) is 6.20 Å². The minimum Gasteiger partial charge on any atom is -0.393 e. The smallest absolute Gasteiger partial charge is 0.0625 e. The van der Waals surface area contributed by atoms with E-state index < -0.39 is 0 Å². The van der Waals surface area contributed by atoms with E-state index >= 15 is 0 Å². The zero-order chi connectivity index (χ0) is 10.7. The van der Waals surface area contributed by atoms with Gasteiger partial charge in [-0.25, -0.2) is 0 Å². The summed E-state index contributed by atoms with van der Waals surface area (Å²) >= 11 is 0. The van der Waals surface area contributed by atoms with Crippen molar-refractivity contribution in [3.05, 3.63) is 18.0 Å². The van der Waals surface area contributed by atoms with Gasteiger partial charge in [0.2, 0.25) is 0 Å². The molecule has 1 fully saturated rings. The molecule has 1 aliphatic carbocycles. The lowest BCUT2D eigenvalue weighted by atomic mass is 10.2. The van der Waals surface area contributed by atoms with Crippen LogP contribution in [-0.4, -0.2) is 21.0 Å². The Bertz CT molecular complexity index is 300. The number of hydrogen-bond acceptors (Lipinski definition) is 2. The summed E-state index contributed by atoms with van der Waals surface area (Å²) in [6.45, 7) is 1.83. The summed E-state index contributed by atoms with van der Waals surface area (Å²) in [5.41, 5.74) is 1.11. The third-order valence-electron chi connectivity index (χ3n) is 3.18. The Morgan fingerprint density at radius 3 is 2.93 bits per heavy atom. The molecule has 0 bridgehead atoms. The van der Waals surface area contributed by atoms with Crippen molar-refractivity contribution in [2.75, 3.05) is 0 Å². The second-order valence-corrected chi connectivity index (χ2v) is 4.61. The van der Waals surface area contributed by atoms with Crippen LogP contribution in [0.15, 0.2) is 12.3 Å². The first-order valence-electron chi connectivity index (χ1n) is 5.98. The van der Waals surface area contributed by atoms with E-state index in [2.05, 4.69) is 22.0 Å². The third-order valence-corrected chi connectivity index (χ3v) is 3.18. The molecule has 2 rings (SSSR count). The molecule has 0 aliphatic heterocycles. The molecule has 1 atom stereocenters. The maximum Gasteiger partial charge on any atom is 0.0625 e. The molecule has 1 aromatic heterocycles. The first-order valence-corrected chi connectivity index (χ1v) is 5.98. The molecule has 3 nitrogen and oxygen atoms in total. The highest BCUT2D eigenvalue weighted by Crippen LogP contribution is 2.28. The molecule has 0 saturated heterocycles. The lowest BCUT2D eigenvalue weighted by molar-refractivity contribution is 0.184. The number of rotatable bonds is 4. The lowest BCUT2D eigenvalue weighted by Gasteiger charge is -2.08. The maximum atomic E-state index is 9.20. The average molecular weight is 208 g/mol. The fraction of sp³-hybridized carbons (Fsp3) is 0.750. The van der Waals surface area contributed by atoms with Gasteiger partial charge in [-0.3, -0.25) is 4.68 Å². The fourth-order valence-corrected chi connectivity index (χ4v) is 2.24. The quantitative estimate of drug-likeness (QED) is 0.824. The summed E-state index contributed by atoms with van der Waals surface area (Å²) in [6.07, 6.45) is 8.80. The number of aliphatic hydroxyl groups excluding tert-OH is 1. The minimum absolute atomic E-state index is 0.221. The fourth-order valence-electron chi connectivity index (χ4n) is 2.24. The molecule has 1 heterocycles. The molecule has 0 aromatic carbocycles. The van der Waals surface area contributed by atoms with Crippen LogP contribution in [0, 0.1) is 0 Å². The molecule has 1 aromatic rings. The Kier molecular flexibility index (Phi) is 3.41. The van der Waals surface area contributed by atoms with Crippen molar-refractivity contribution >= 4 is 0 Å². The molecular formula is C12H20N2O. The monoisotopic (exact) mass is 208 g/mol. The van der Waals surface area contributed by atoms with E-state index in [0.29, 0.717) is 6.04 Å². The SMILES string of the molecule is CC(O)CCc1ccn(C2CCCC2)n1. The Morgan fingerprint density at radius 2 is 2.27 bits per heavy atom. The largest absolute Gasteiger partial charge is 0.393 e. The Morgan fingerprint density at radius 1 is 1.53 bits per heavy atom. The van der Waals surface area contributed by atoms with Crippen molar-refractivity contribution in [1.82, 2.24) is 9.78 Å². The topological polar surface area (TPSA) is 38.0 Å². The van der Waals surface area contributed by atoms with Gasteiger partial charge in [-0.1, -0.05) is 12.8 Å². The van der Waals surface area contributed by atoms with Crippen LogP contribution in [0.4, 0.5) is 0 Å². The minimum atomic E-state index is -0.221. The molecule has 1 unspecified atom stereocenters. The van der Waals surface area contributed by atoms with Gasteiger partial charge in [-0.2, -0.15) is 5.10 Å². The number of nitrogens with zero attached hydrogens (tertiary/aromatic N) is 2. The number of aromatic nitrogens is 2. The number of hydrogen-bond donors (Lipinski definition) is 1. The van der Waals surface area contributed by atoms with Crippen LogP contribution in [0.3, 0.4) is 0 Å². The van der Waals surface area contributed by atoms with Crippen LogP contribution in [0.25, 0.3) is 0 Å². The van der Waals surface area contributed by atoms with Crippen LogP contribution >= 0.6 is 0 Å². The molecule has 0 radical (unpaired) electrons. The molecule has 0 amide bonds. The third kappa shape index (κ3) is 2.81. The first-order chi connectivity index (χ1) is 7.25. The van der Waals surface area contributed by atoms with Gasteiger partial charge in [0.25, 0.3) is 0 Å². The number of aliphatic hydroxyl groups is 1. The van der Waals surface area contributed by atoms with Gasteiger partial charge in [0.05, 0.1) is 17.8 Å². The predicted molar refractivity (Wildman–Crippen MR) is 59.7 cm³/mol. The number of aryl methyl sites for hydroxylation is 1. The molecule has 1 saturated carbocycles. The second-order valence-electron chi connectivity index (χ2n) is 4.61. The van der Waals surface area contributed by atoms with Gasteiger partial charge in [0.1, 0.15) is 0 Å². The highest BCUT2D eigenvalue weighted by atomic mass is 16.3. The average Bonchev–Trinajstić information content (AvgIpc) is 2.85. The van der Waals surface area contributed by atoms with Gasteiger partial charge in [0.15, 0.2) is 0 Å². The van der Waals surface area contributed by atoms with Gasteiger partial charge in [-0.15, -0.1) is 0 Å². The van der Waals surface area contributed by atoms with Crippen molar-refractivity contribution in [3.8, 4) is 0 Å². The van der Waals surface area contributed by atoms with Crippen LogP contribution in [0.5, 0.6) is 0 Å². The zero-order valence-electron chi connectivity index (χ0n) is 9.39. The van der Waals surface area contributed by atoms with E-state index in [-0.39, 0.29) is 6.10 Å². The first kappa shape index (κ1) is 10.7. The Hall–Kier alpha value is -0.830. The summed E-state index contributed by atoms with van der Waals surface area (Å²) in [4.78, 5) is 0. The Labute approximate surface area is 91.1 Å². The normalized spacial score (nSPS) is 19.6. The molecule has 3 heteroatoms. The van der Waals surface area contributed by atoms with Crippen LogP contribution < -0.4 is 0 Å². The van der Waals surface area contributed by atoms with Crippen molar-refractivity contribution in [3.63, 3.8) is 0 Å². The molecule has 0 spiro atoms. The van der Waals surface area contributed by atoms with Gasteiger partial charge < -0.3 is 5.11 Å².